The highest BCUT2D eigenvalue weighted by Crippen LogP contribution is 2.30. The third-order valence-corrected chi connectivity index (χ3v) is 7.83. The predicted molar refractivity (Wildman–Crippen MR) is 131 cm³/mol. The van der Waals surface area contributed by atoms with Crippen molar-refractivity contribution in [2.24, 2.45) is 0 Å². The Balaban J connectivity index is 1.55. The molecule has 1 aliphatic heterocycles. The first-order valence-electron chi connectivity index (χ1n) is 11.4. The van der Waals surface area contributed by atoms with Gasteiger partial charge in [0.05, 0.1) is 7.11 Å². The molecule has 0 spiro atoms. The number of rotatable bonds is 8. The highest BCUT2D eigenvalue weighted by molar-refractivity contribution is 7.89. The van der Waals surface area contributed by atoms with Crippen LogP contribution in [0.2, 0.25) is 0 Å². The fourth-order valence-electron chi connectivity index (χ4n) is 4.19. The van der Waals surface area contributed by atoms with Crippen LogP contribution in [0, 0.1) is 0 Å². The van der Waals surface area contributed by atoms with E-state index in [4.69, 9.17) is 4.74 Å². The fraction of sp³-hybridized carbons (Fsp3) is 0.360. The monoisotopic (exact) mass is 482 g/mol. The molecule has 9 heteroatoms. The number of carbonyl (C=O) groups excluding carboxylic acids is 1. The zero-order chi connectivity index (χ0) is 24.3. The van der Waals surface area contributed by atoms with Gasteiger partial charge in [0, 0.05) is 49.2 Å². The summed E-state index contributed by atoms with van der Waals surface area (Å²) in [6, 6.07) is 12.1. The Labute approximate surface area is 200 Å². The van der Waals surface area contributed by atoms with Gasteiger partial charge in [-0.3, -0.25) is 4.79 Å². The number of carbonyl (C=O) groups is 1. The SMILES string of the molecule is COc1ccc(C(=O)Nc2cccc(Cn3ccnc3C(C)C)c2)cc1S(=O)(=O)N1CCCC1. The Morgan fingerprint density at radius 2 is 1.91 bits per heavy atom. The molecular weight excluding hydrogens is 452 g/mol. The lowest BCUT2D eigenvalue weighted by Gasteiger charge is -2.18. The largest absolute Gasteiger partial charge is 0.495 e. The third kappa shape index (κ3) is 5.00. The summed E-state index contributed by atoms with van der Waals surface area (Å²) in [4.78, 5) is 17.4. The van der Waals surface area contributed by atoms with Crippen molar-refractivity contribution >= 4 is 21.6 Å². The van der Waals surface area contributed by atoms with E-state index in [2.05, 4.69) is 28.7 Å². The third-order valence-electron chi connectivity index (χ3n) is 5.91. The molecule has 34 heavy (non-hydrogen) atoms. The highest BCUT2D eigenvalue weighted by atomic mass is 32.2. The molecule has 1 aliphatic rings. The van der Waals surface area contributed by atoms with E-state index in [1.54, 1.807) is 12.3 Å². The molecule has 1 N–H and O–H groups in total. The van der Waals surface area contributed by atoms with Crippen molar-refractivity contribution in [3.63, 3.8) is 0 Å². The van der Waals surface area contributed by atoms with Crippen LogP contribution in [0.15, 0.2) is 59.8 Å². The van der Waals surface area contributed by atoms with Crippen LogP contribution >= 0.6 is 0 Å². The second-order valence-electron chi connectivity index (χ2n) is 8.70. The Morgan fingerprint density at radius 1 is 1.15 bits per heavy atom. The molecular formula is C25H30N4O4S. The van der Waals surface area contributed by atoms with Crippen molar-refractivity contribution in [2.45, 2.75) is 44.0 Å². The summed E-state index contributed by atoms with van der Waals surface area (Å²) in [6.07, 6.45) is 5.39. The molecule has 0 atom stereocenters. The van der Waals surface area contributed by atoms with Gasteiger partial charge in [0.25, 0.3) is 5.91 Å². The van der Waals surface area contributed by atoms with Gasteiger partial charge in [-0.05, 0) is 48.7 Å². The molecule has 4 rings (SSSR count). The number of nitrogens with zero attached hydrogens (tertiary/aromatic N) is 3. The van der Waals surface area contributed by atoms with E-state index < -0.39 is 10.0 Å². The van der Waals surface area contributed by atoms with E-state index in [0.717, 1.165) is 24.2 Å². The number of sulfonamides is 1. The maximum atomic E-state index is 13.1. The minimum atomic E-state index is -3.74. The lowest BCUT2D eigenvalue weighted by Crippen LogP contribution is -2.28. The summed E-state index contributed by atoms with van der Waals surface area (Å²) in [5.41, 5.74) is 1.90. The van der Waals surface area contributed by atoms with Crippen LogP contribution in [0.4, 0.5) is 5.69 Å². The summed E-state index contributed by atoms with van der Waals surface area (Å²) in [5.74, 6) is 1.15. The number of nitrogens with one attached hydrogen (secondary N) is 1. The summed E-state index contributed by atoms with van der Waals surface area (Å²) in [7, 11) is -2.31. The van der Waals surface area contributed by atoms with Gasteiger partial charge in [-0.1, -0.05) is 26.0 Å². The lowest BCUT2D eigenvalue weighted by molar-refractivity contribution is 0.102. The summed E-state index contributed by atoms with van der Waals surface area (Å²) >= 11 is 0. The molecule has 1 amide bonds. The van der Waals surface area contributed by atoms with Crippen LogP contribution in [0.1, 0.15) is 54.4 Å². The van der Waals surface area contributed by atoms with Crippen molar-refractivity contribution < 1.29 is 17.9 Å². The first-order valence-corrected chi connectivity index (χ1v) is 12.8. The van der Waals surface area contributed by atoms with Gasteiger partial charge in [0.2, 0.25) is 10.0 Å². The van der Waals surface area contributed by atoms with Gasteiger partial charge < -0.3 is 14.6 Å². The van der Waals surface area contributed by atoms with E-state index >= 15 is 0 Å². The van der Waals surface area contributed by atoms with Gasteiger partial charge in [-0.15, -0.1) is 0 Å². The normalized spacial score (nSPS) is 14.5. The minimum Gasteiger partial charge on any atom is -0.495 e. The van der Waals surface area contributed by atoms with Gasteiger partial charge >= 0.3 is 0 Å². The summed E-state index contributed by atoms with van der Waals surface area (Å²) in [6.45, 7) is 5.79. The van der Waals surface area contributed by atoms with E-state index in [-0.39, 0.29) is 22.1 Å². The molecule has 0 radical (unpaired) electrons. The molecule has 2 heterocycles. The van der Waals surface area contributed by atoms with Gasteiger partial charge in [-0.2, -0.15) is 4.31 Å². The number of hydrogen-bond donors (Lipinski definition) is 1. The Bertz CT molecular complexity index is 1280. The number of amides is 1. The van der Waals surface area contributed by atoms with Crippen LogP contribution in [0.3, 0.4) is 0 Å². The first-order chi connectivity index (χ1) is 16.3. The maximum absolute atomic E-state index is 13.1. The van der Waals surface area contributed by atoms with Crippen molar-refractivity contribution in [3.8, 4) is 5.75 Å². The van der Waals surface area contributed by atoms with Crippen LogP contribution in [-0.4, -0.2) is 48.4 Å². The topological polar surface area (TPSA) is 93.5 Å². The molecule has 1 aromatic heterocycles. The molecule has 0 bridgehead atoms. The van der Waals surface area contributed by atoms with Gasteiger partial charge in [0.15, 0.2) is 0 Å². The van der Waals surface area contributed by atoms with E-state index in [1.165, 1.54) is 23.5 Å². The molecule has 8 nitrogen and oxygen atoms in total. The summed E-state index contributed by atoms with van der Waals surface area (Å²) < 4.78 is 35.1. The number of ether oxygens (including phenoxy) is 1. The number of benzene rings is 2. The van der Waals surface area contributed by atoms with Crippen molar-refractivity contribution in [1.82, 2.24) is 13.9 Å². The van der Waals surface area contributed by atoms with Crippen LogP contribution in [0.5, 0.6) is 5.75 Å². The fourth-order valence-corrected chi connectivity index (χ4v) is 5.89. The average molecular weight is 483 g/mol. The molecule has 1 fully saturated rings. The number of methoxy groups -OCH3 is 1. The molecule has 2 aromatic carbocycles. The van der Waals surface area contributed by atoms with E-state index in [9.17, 15) is 13.2 Å². The van der Waals surface area contributed by atoms with Crippen molar-refractivity contribution in [1.29, 1.82) is 0 Å². The zero-order valence-corrected chi connectivity index (χ0v) is 20.5. The second-order valence-corrected chi connectivity index (χ2v) is 10.6. The molecule has 0 saturated carbocycles. The van der Waals surface area contributed by atoms with Crippen LogP contribution in [0.25, 0.3) is 0 Å². The van der Waals surface area contributed by atoms with Crippen molar-refractivity contribution in [2.75, 3.05) is 25.5 Å². The number of imidazole rings is 1. The molecule has 1 saturated heterocycles. The smallest absolute Gasteiger partial charge is 0.255 e. The number of aromatic nitrogens is 2. The van der Waals surface area contributed by atoms with Crippen LogP contribution < -0.4 is 10.1 Å². The zero-order valence-electron chi connectivity index (χ0n) is 19.7. The average Bonchev–Trinajstić information content (AvgIpc) is 3.52. The van der Waals surface area contributed by atoms with Gasteiger partial charge in [-0.25, -0.2) is 13.4 Å². The minimum absolute atomic E-state index is 0.0135. The first kappa shape index (κ1) is 24.0. The Morgan fingerprint density at radius 3 is 2.62 bits per heavy atom. The standard InChI is InChI=1S/C25H30N4O4S/c1-18(2)24-26-11-14-28(24)17-19-7-6-8-21(15-19)27-25(30)20-9-10-22(33-3)23(16-20)34(31,32)29-12-4-5-13-29/h6-11,14-16,18H,4-5,12-13,17H2,1-3H3,(H,27,30). The second kappa shape index (κ2) is 9.99. The van der Waals surface area contributed by atoms with E-state index in [1.807, 2.05) is 30.5 Å². The molecule has 0 aliphatic carbocycles. The maximum Gasteiger partial charge on any atom is 0.255 e. The molecule has 180 valence electrons. The highest BCUT2D eigenvalue weighted by Gasteiger charge is 2.30. The molecule has 0 unspecified atom stereocenters. The molecule has 3 aromatic rings. The van der Waals surface area contributed by atoms with Crippen LogP contribution in [-0.2, 0) is 16.6 Å². The Kier molecular flexibility index (Phi) is 7.04. The van der Waals surface area contributed by atoms with Gasteiger partial charge in [0.1, 0.15) is 16.5 Å². The van der Waals surface area contributed by atoms with E-state index in [0.29, 0.717) is 31.2 Å². The Hall–Kier alpha value is -3.17. The van der Waals surface area contributed by atoms with Crippen molar-refractivity contribution in [3.05, 3.63) is 71.8 Å². The number of anilines is 1. The summed E-state index contributed by atoms with van der Waals surface area (Å²) in [5, 5.41) is 2.89. The lowest BCUT2D eigenvalue weighted by atomic mass is 10.1. The quantitative estimate of drug-likeness (QED) is 0.522. The predicted octanol–water partition coefficient (Wildman–Crippen LogP) is 4.10. The number of hydrogen-bond acceptors (Lipinski definition) is 5.